The molecule has 0 bridgehead atoms. The number of hydrogen-bond acceptors (Lipinski definition) is 3. The average Bonchev–Trinajstić information content (AvgIpc) is 2.37. The SMILES string of the molecule is CC1(C)CCCN(C(=O)CC2CCNCC2)C1C(=O)O. The van der Waals surface area contributed by atoms with E-state index in [1.165, 1.54) is 0 Å². The van der Waals surface area contributed by atoms with Crippen LogP contribution in [0.3, 0.4) is 0 Å². The summed E-state index contributed by atoms with van der Waals surface area (Å²) in [6.07, 6.45) is 4.29. The number of aliphatic carboxylic acids is 1. The van der Waals surface area contributed by atoms with Crippen LogP contribution in [0.1, 0.15) is 46.0 Å². The Morgan fingerprint density at radius 3 is 2.55 bits per heavy atom. The van der Waals surface area contributed by atoms with Gasteiger partial charge in [0, 0.05) is 13.0 Å². The fraction of sp³-hybridized carbons (Fsp3) is 0.867. The third-order valence-electron chi connectivity index (χ3n) is 4.75. The number of carbonyl (C=O) groups is 2. The Morgan fingerprint density at radius 1 is 1.30 bits per heavy atom. The van der Waals surface area contributed by atoms with Crippen molar-refractivity contribution in [1.29, 1.82) is 0 Å². The van der Waals surface area contributed by atoms with E-state index in [9.17, 15) is 14.7 Å². The minimum absolute atomic E-state index is 0.0251. The molecule has 5 nitrogen and oxygen atoms in total. The summed E-state index contributed by atoms with van der Waals surface area (Å²) >= 11 is 0. The lowest BCUT2D eigenvalue weighted by Gasteiger charge is -2.44. The molecule has 0 aromatic rings. The first-order chi connectivity index (χ1) is 9.42. The van der Waals surface area contributed by atoms with Gasteiger partial charge >= 0.3 is 5.97 Å². The van der Waals surface area contributed by atoms with Gasteiger partial charge in [0.1, 0.15) is 6.04 Å². The number of rotatable bonds is 3. The zero-order valence-corrected chi connectivity index (χ0v) is 12.5. The van der Waals surface area contributed by atoms with E-state index in [1.54, 1.807) is 4.90 Å². The number of carbonyl (C=O) groups excluding carboxylic acids is 1. The van der Waals surface area contributed by atoms with E-state index in [0.29, 0.717) is 18.9 Å². The zero-order chi connectivity index (χ0) is 14.8. The standard InChI is InChI=1S/C15H26N2O3/c1-15(2)6-3-9-17(13(15)14(19)20)12(18)10-11-4-7-16-8-5-11/h11,13,16H,3-10H2,1-2H3,(H,19,20). The molecule has 2 aliphatic heterocycles. The molecule has 0 aliphatic carbocycles. The number of amides is 1. The number of hydrogen-bond donors (Lipinski definition) is 2. The summed E-state index contributed by atoms with van der Waals surface area (Å²) in [4.78, 5) is 25.7. The molecular formula is C15H26N2O3. The summed E-state index contributed by atoms with van der Waals surface area (Å²) in [6, 6.07) is -0.675. The van der Waals surface area contributed by atoms with Crippen LogP contribution < -0.4 is 5.32 Å². The lowest BCUT2D eigenvalue weighted by atomic mass is 9.76. The molecule has 0 aromatic carbocycles. The number of piperidine rings is 2. The lowest BCUT2D eigenvalue weighted by molar-refractivity contribution is -0.159. The minimum atomic E-state index is -0.867. The van der Waals surface area contributed by atoms with Crippen molar-refractivity contribution in [1.82, 2.24) is 10.2 Å². The largest absolute Gasteiger partial charge is 0.480 e. The number of nitrogens with zero attached hydrogens (tertiary/aromatic N) is 1. The number of nitrogens with one attached hydrogen (secondary N) is 1. The lowest BCUT2D eigenvalue weighted by Crippen LogP contribution is -2.56. The summed E-state index contributed by atoms with van der Waals surface area (Å²) in [5.41, 5.74) is -0.339. The Morgan fingerprint density at radius 2 is 1.95 bits per heavy atom. The van der Waals surface area contributed by atoms with Crippen molar-refractivity contribution in [2.75, 3.05) is 19.6 Å². The molecule has 0 aromatic heterocycles. The van der Waals surface area contributed by atoms with Crippen molar-refractivity contribution < 1.29 is 14.7 Å². The first-order valence-electron chi connectivity index (χ1n) is 7.65. The van der Waals surface area contributed by atoms with E-state index in [1.807, 2.05) is 13.8 Å². The fourth-order valence-electron chi connectivity index (χ4n) is 3.58. The molecule has 1 atom stereocenters. The van der Waals surface area contributed by atoms with Crippen molar-refractivity contribution in [2.24, 2.45) is 11.3 Å². The maximum atomic E-state index is 12.5. The molecule has 0 saturated carbocycles. The number of likely N-dealkylation sites (tertiary alicyclic amines) is 1. The van der Waals surface area contributed by atoms with Gasteiger partial charge in [-0.25, -0.2) is 4.79 Å². The van der Waals surface area contributed by atoms with Crippen LogP contribution in [0.2, 0.25) is 0 Å². The van der Waals surface area contributed by atoms with Crippen LogP contribution >= 0.6 is 0 Å². The molecule has 2 heterocycles. The van der Waals surface area contributed by atoms with Crippen LogP contribution in [0.15, 0.2) is 0 Å². The van der Waals surface area contributed by atoms with Gasteiger partial charge in [0.05, 0.1) is 0 Å². The van der Waals surface area contributed by atoms with Gasteiger partial charge in [-0.15, -0.1) is 0 Å². The predicted octanol–water partition coefficient (Wildman–Crippen LogP) is 1.48. The second-order valence-electron chi connectivity index (χ2n) is 6.82. The highest BCUT2D eigenvalue weighted by molar-refractivity contribution is 5.84. The van der Waals surface area contributed by atoms with Gasteiger partial charge in [-0.1, -0.05) is 13.8 Å². The van der Waals surface area contributed by atoms with E-state index in [2.05, 4.69) is 5.32 Å². The average molecular weight is 282 g/mol. The van der Waals surface area contributed by atoms with Crippen molar-refractivity contribution in [3.8, 4) is 0 Å². The topological polar surface area (TPSA) is 69.6 Å². The van der Waals surface area contributed by atoms with Crippen molar-refractivity contribution in [3.05, 3.63) is 0 Å². The maximum absolute atomic E-state index is 12.5. The molecule has 2 aliphatic rings. The van der Waals surface area contributed by atoms with Gasteiger partial charge in [-0.2, -0.15) is 0 Å². The monoisotopic (exact) mass is 282 g/mol. The van der Waals surface area contributed by atoms with Gasteiger partial charge in [0.2, 0.25) is 5.91 Å². The van der Waals surface area contributed by atoms with Crippen LogP contribution in [-0.4, -0.2) is 47.6 Å². The maximum Gasteiger partial charge on any atom is 0.326 e. The van der Waals surface area contributed by atoms with Crippen LogP contribution in [-0.2, 0) is 9.59 Å². The van der Waals surface area contributed by atoms with Gasteiger partial charge in [-0.3, -0.25) is 4.79 Å². The second kappa shape index (κ2) is 6.12. The summed E-state index contributed by atoms with van der Waals surface area (Å²) in [6.45, 7) is 6.42. The number of carboxylic acid groups (broad SMARTS) is 1. The molecule has 0 spiro atoms. The highest BCUT2D eigenvalue weighted by Crippen LogP contribution is 2.36. The highest BCUT2D eigenvalue weighted by Gasteiger charge is 2.44. The molecular weight excluding hydrogens is 256 g/mol. The summed E-state index contributed by atoms with van der Waals surface area (Å²) in [5.74, 6) is -0.436. The Bertz CT molecular complexity index is 375. The molecule has 114 valence electrons. The molecule has 1 unspecified atom stereocenters. The Labute approximate surface area is 120 Å². The summed E-state index contributed by atoms with van der Waals surface area (Å²) in [5, 5.41) is 12.8. The van der Waals surface area contributed by atoms with Crippen LogP contribution in [0.5, 0.6) is 0 Å². The summed E-state index contributed by atoms with van der Waals surface area (Å²) in [7, 11) is 0. The molecule has 5 heteroatoms. The predicted molar refractivity (Wildman–Crippen MR) is 76.4 cm³/mol. The second-order valence-corrected chi connectivity index (χ2v) is 6.82. The molecule has 2 fully saturated rings. The van der Waals surface area contributed by atoms with Crippen LogP contribution in [0.4, 0.5) is 0 Å². The van der Waals surface area contributed by atoms with E-state index < -0.39 is 12.0 Å². The zero-order valence-electron chi connectivity index (χ0n) is 12.5. The quantitative estimate of drug-likeness (QED) is 0.822. The fourth-order valence-corrected chi connectivity index (χ4v) is 3.58. The molecule has 1 amide bonds. The first kappa shape index (κ1) is 15.3. The highest BCUT2D eigenvalue weighted by atomic mass is 16.4. The Balaban J connectivity index is 2.04. The van der Waals surface area contributed by atoms with Crippen molar-refractivity contribution in [2.45, 2.75) is 52.0 Å². The van der Waals surface area contributed by atoms with E-state index in [4.69, 9.17) is 0 Å². The van der Waals surface area contributed by atoms with Crippen molar-refractivity contribution in [3.63, 3.8) is 0 Å². The van der Waals surface area contributed by atoms with Crippen molar-refractivity contribution >= 4 is 11.9 Å². The molecule has 2 rings (SSSR count). The molecule has 2 N–H and O–H groups in total. The van der Waals surface area contributed by atoms with Gasteiger partial charge in [0.25, 0.3) is 0 Å². The minimum Gasteiger partial charge on any atom is -0.480 e. The Kier molecular flexibility index (Phi) is 4.68. The normalized spacial score (nSPS) is 27.3. The van der Waals surface area contributed by atoms with E-state index in [0.717, 1.165) is 38.8 Å². The molecule has 0 radical (unpaired) electrons. The Hall–Kier alpha value is -1.10. The third kappa shape index (κ3) is 3.32. The number of carboxylic acids is 1. The molecule has 20 heavy (non-hydrogen) atoms. The van der Waals surface area contributed by atoms with E-state index in [-0.39, 0.29) is 11.3 Å². The van der Waals surface area contributed by atoms with Crippen LogP contribution in [0.25, 0.3) is 0 Å². The van der Waals surface area contributed by atoms with Gasteiger partial charge in [0.15, 0.2) is 0 Å². The van der Waals surface area contributed by atoms with Gasteiger partial charge < -0.3 is 15.3 Å². The third-order valence-corrected chi connectivity index (χ3v) is 4.75. The molecule has 2 saturated heterocycles. The van der Waals surface area contributed by atoms with Gasteiger partial charge in [-0.05, 0) is 50.1 Å². The van der Waals surface area contributed by atoms with Crippen LogP contribution in [0, 0.1) is 11.3 Å². The van der Waals surface area contributed by atoms with E-state index >= 15 is 0 Å². The first-order valence-corrected chi connectivity index (χ1v) is 7.65. The smallest absolute Gasteiger partial charge is 0.326 e. The summed E-state index contributed by atoms with van der Waals surface area (Å²) < 4.78 is 0.